The minimum Gasteiger partial charge on any atom is -0.491 e. The molecule has 8 heteroatoms. The summed E-state index contributed by atoms with van der Waals surface area (Å²) in [6, 6.07) is 12.1. The standard InChI is InChI=1S/C21H26N4O4/c1-3-14-29-20-15-16(2)4-9-19(20)22-21(26)24-12-10-23(11-13-24)17-5-7-18(8-6-17)25(27)28/h4-9,15H,3,10-14H2,1-2H3,(H,22,26). The van der Waals surface area contributed by atoms with Gasteiger partial charge in [0.25, 0.3) is 5.69 Å². The molecule has 2 aromatic rings. The summed E-state index contributed by atoms with van der Waals surface area (Å²) in [7, 11) is 0. The van der Waals surface area contributed by atoms with Crippen molar-refractivity contribution in [2.75, 3.05) is 43.0 Å². The van der Waals surface area contributed by atoms with Crippen LogP contribution in [0.2, 0.25) is 0 Å². The van der Waals surface area contributed by atoms with Gasteiger partial charge in [0.15, 0.2) is 0 Å². The summed E-state index contributed by atoms with van der Waals surface area (Å²) in [5.41, 5.74) is 2.74. The second-order valence-corrected chi connectivity index (χ2v) is 7.03. The molecular formula is C21H26N4O4. The topological polar surface area (TPSA) is 88.0 Å². The van der Waals surface area contributed by atoms with Gasteiger partial charge in [0, 0.05) is 44.0 Å². The summed E-state index contributed by atoms with van der Waals surface area (Å²) < 4.78 is 5.77. The number of amides is 2. The number of ether oxygens (including phenoxy) is 1. The third-order valence-electron chi connectivity index (χ3n) is 4.83. The SMILES string of the molecule is CCCOc1cc(C)ccc1NC(=O)N1CCN(c2ccc([N+](=O)[O-])cc2)CC1. The summed E-state index contributed by atoms with van der Waals surface area (Å²) in [6.07, 6.45) is 0.895. The van der Waals surface area contributed by atoms with E-state index in [0.717, 1.165) is 17.7 Å². The van der Waals surface area contributed by atoms with Crippen molar-refractivity contribution >= 4 is 23.1 Å². The molecule has 1 fully saturated rings. The first-order valence-corrected chi connectivity index (χ1v) is 9.76. The summed E-state index contributed by atoms with van der Waals surface area (Å²) in [6.45, 7) is 7.09. The Balaban J connectivity index is 1.58. The molecule has 1 aliphatic heterocycles. The Morgan fingerprint density at radius 1 is 1.14 bits per heavy atom. The quantitative estimate of drug-likeness (QED) is 0.586. The third kappa shape index (κ3) is 5.16. The van der Waals surface area contributed by atoms with Crippen molar-refractivity contribution in [3.63, 3.8) is 0 Å². The second kappa shape index (κ2) is 9.27. The van der Waals surface area contributed by atoms with E-state index in [1.54, 1.807) is 17.0 Å². The van der Waals surface area contributed by atoms with E-state index in [1.165, 1.54) is 12.1 Å². The number of nitro benzene ring substituents is 1. The third-order valence-corrected chi connectivity index (χ3v) is 4.83. The molecule has 2 amide bonds. The number of nitro groups is 1. The van der Waals surface area contributed by atoms with E-state index in [4.69, 9.17) is 4.74 Å². The smallest absolute Gasteiger partial charge is 0.322 e. The number of aryl methyl sites for hydroxylation is 1. The lowest BCUT2D eigenvalue weighted by Crippen LogP contribution is -2.50. The van der Waals surface area contributed by atoms with E-state index in [1.807, 2.05) is 32.0 Å². The minimum absolute atomic E-state index is 0.0750. The highest BCUT2D eigenvalue weighted by Gasteiger charge is 2.22. The molecule has 0 aliphatic carbocycles. The van der Waals surface area contributed by atoms with Crippen LogP contribution in [0.4, 0.5) is 21.9 Å². The molecule has 2 aromatic carbocycles. The van der Waals surface area contributed by atoms with E-state index in [9.17, 15) is 14.9 Å². The van der Waals surface area contributed by atoms with Crippen LogP contribution in [-0.4, -0.2) is 48.6 Å². The van der Waals surface area contributed by atoms with Crippen LogP contribution in [0.3, 0.4) is 0 Å². The molecule has 0 unspecified atom stereocenters. The van der Waals surface area contributed by atoms with Crippen molar-refractivity contribution in [2.45, 2.75) is 20.3 Å². The fourth-order valence-electron chi connectivity index (χ4n) is 3.21. The van der Waals surface area contributed by atoms with E-state index in [0.29, 0.717) is 44.2 Å². The van der Waals surface area contributed by atoms with E-state index < -0.39 is 4.92 Å². The van der Waals surface area contributed by atoms with Crippen LogP contribution in [-0.2, 0) is 0 Å². The van der Waals surface area contributed by atoms with Crippen molar-refractivity contribution < 1.29 is 14.5 Å². The molecular weight excluding hydrogens is 372 g/mol. The van der Waals surface area contributed by atoms with Gasteiger partial charge in [-0.25, -0.2) is 4.79 Å². The van der Waals surface area contributed by atoms with Crippen LogP contribution in [0.25, 0.3) is 0 Å². The number of nitrogens with zero attached hydrogens (tertiary/aromatic N) is 3. The molecule has 1 saturated heterocycles. The minimum atomic E-state index is -0.407. The maximum atomic E-state index is 12.7. The van der Waals surface area contributed by atoms with Gasteiger partial charge in [-0.3, -0.25) is 10.1 Å². The van der Waals surface area contributed by atoms with Crippen molar-refractivity contribution in [3.8, 4) is 5.75 Å². The van der Waals surface area contributed by atoms with Crippen molar-refractivity contribution in [2.24, 2.45) is 0 Å². The number of piperazine rings is 1. The Morgan fingerprint density at radius 3 is 2.45 bits per heavy atom. The fraction of sp³-hybridized carbons (Fsp3) is 0.381. The van der Waals surface area contributed by atoms with Crippen molar-refractivity contribution in [1.29, 1.82) is 0 Å². The van der Waals surface area contributed by atoms with Crippen LogP contribution in [0.5, 0.6) is 5.75 Å². The molecule has 0 atom stereocenters. The molecule has 0 saturated carbocycles. The number of non-ortho nitro benzene ring substituents is 1. The Morgan fingerprint density at radius 2 is 1.83 bits per heavy atom. The Hall–Kier alpha value is -3.29. The molecule has 8 nitrogen and oxygen atoms in total. The predicted molar refractivity (Wildman–Crippen MR) is 113 cm³/mol. The molecule has 1 aliphatic rings. The van der Waals surface area contributed by atoms with E-state index >= 15 is 0 Å². The fourth-order valence-corrected chi connectivity index (χ4v) is 3.21. The van der Waals surface area contributed by atoms with Crippen LogP contribution >= 0.6 is 0 Å². The summed E-state index contributed by atoms with van der Waals surface area (Å²) in [4.78, 5) is 27.0. The molecule has 0 radical (unpaired) electrons. The summed E-state index contributed by atoms with van der Waals surface area (Å²) in [5.74, 6) is 0.685. The Labute approximate surface area is 170 Å². The number of carbonyl (C=O) groups excluding carboxylic acids is 1. The van der Waals surface area contributed by atoms with Gasteiger partial charge in [-0.1, -0.05) is 13.0 Å². The number of benzene rings is 2. The van der Waals surface area contributed by atoms with Gasteiger partial charge in [0.05, 0.1) is 17.2 Å². The highest BCUT2D eigenvalue weighted by atomic mass is 16.6. The number of anilines is 2. The van der Waals surface area contributed by atoms with Gasteiger partial charge in [0.2, 0.25) is 0 Å². The van der Waals surface area contributed by atoms with Gasteiger partial charge < -0.3 is 19.9 Å². The Bertz CT molecular complexity index is 861. The van der Waals surface area contributed by atoms with E-state index in [2.05, 4.69) is 10.2 Å². The Kier molecular flexibility index (Phi) is 6.54. The molecule has 29 heavy (non-hydrogen) atoms. The lowest BCUT2D eigenvalue weighted by molar-refractivity contribution is -0.384. The number of nitrogens with one attached hydrogen (secondary N) is 1. The normalized spacial score (nSPS) is 13.9. The van der Waals surface area contributed by atoms with Gasteiger partial charge in [-0.2, -0.15) is 0 Å². The van der Waals surface area contributed by atoms with Gasteiger partial charge in [-0.05, 0) is 43.2 Å². The van der Waals surface area contributed by atoms with Crippen molar-refractivity contribution in [1.82, 2.24) is 4.90 Å². The first kappa shape index (κ1) is 20.4. The molecule has 154 valence electrons. The number of rotatable bonds is 6. The van der Waals surface area contributed by atoms with Crippen LogP contribution < -0.4 is 15.0 Å². The summed E-state index contributed by atoms with van der Waals surface area (Å²) >= 11 is 0. The monoisotopic (exact) mass is 398 g/mol. The first-order chi connectivity index (χ1) is 14.0. The highest BCUT2D eigenvalue weighted by Crippen LogP contribution is 2.27. The molecule has 0 spiro atoms. The van der Waals surface area contributed by atoms with Crippen LogP contribution in [0.1, 0.15) is 18.9 Å². The average molecular weight is 398 g/mol. The molecule has 0 aromatic heterocycles. The van der Waals surface area contributed by atoms with Gasteiger partial charge in [0.1, 0.15) is 5.75 Å². The molecule has 3 rings (SSSR count). The van der Waals surface area contributed by atoms with Gasteiger partial charge in [-0.15, -0.1) is 0 Å². The lowest BCUT2D eigenvalue weighted by atomic mass is 10.2. The number of hydrogen-bond donors (Lipinski definition) is 1. The maximum Gasteiger partial charge on any atom is 0.322 e. The van der Waals surface area contributed by atoms with Crippen LogP contribution in [0, 0.1) is 17.0 Å². The van der Waals surface area contributed by atoms with Crippen molar-refractivity contribution in [3.05, 3.63) is 58.1 Å². The molecule has 1 N–H and O–H groups in total. The zero-order valence-corrected chi connectivity index (χ0v) is 16.8. The molecule has 1 heterocycles. The maximum absolute atomic E-state index is 12.7. The zero-order chi connectivity index (χ0) is 20.8. The lowest BCUT2D eigenvalue weighted by Gasteiger charge is -2.36. The average Bonchev–Trinajstić information content (AvgIpc) is 2.74. The first-order valence-electron chi connectivity index (χ1n) is 9.76. The second-order valence-electron chi connectivity index (χ2n) is 7.03. The highest BCUT2D eigenvalue weighted by molar-refractivity contribution is 5.91. The van der Waals surface area contributed by atoms with Crippen LogP contribution in [0.15, 0.2) is 42.5 Å². The van der Waals surface area contributed by atoms with Gasteiger partial charge >= 0.3 is 6.03 Å². The number of carbonyl (C=O) groups is 1. The molecule has 0 bridgehead atoms. The number of urea groups is 1. The van der Waals surface area contributed by atoms with E-state index in [-0.39, 0.29) is 11.7 Å². The zero-order valence-electron chi connectivity index (χ0n) is 16.8. The largest absolute Gasteiger partial charge is 0.491 e. The predicted octanol–water partition coefficient (Wildman–Crippen LogP) is 4.05. The number of hydrogen-bond acceptors (Lipinski definition) is 5. The summed E-state index contributed by atoms with van der Waals surface area (Å²) in [5, 5.41) is 13.7.